The molecule has 0 bridgehead atoms. The van der Waals surface area contributed by atoms with E-state index in [1.165, 1.54) is 11.3 Å². The topological polar surface area (TPSA) is 26.3 Å². The minimum absolute atomic E-state index is 0.0456. The summed E-state index contributed by atoms with van der Waals surface area (Å²) in [4.78, 5) is 13.0. The van der Waals surface area contributed by atoms with E-state index in [2.05, 4.69) is 47.8 Å². The van der Waals surface area contributed by atoms with Gasteiger partial charge in [0.15, 0.2) is 0 Å². The molecule has 2 nitrogen and oxygen atoms in total. The maximum absolute atomic E-state index is 12.4. The minimum atomic E-state index is -0.0456. The van der Waals surface area contributed by atoms with Gasteiger partial charge in [0.25, 0.3) is 0 Å². The molecule has 0 aliphatic heterocycles. The van der Waals surface area contributed by atoms with Crippen LogP contribution in [0.15, 0.2) is 37.0 Å². The van der Waals surface area contributed by atoms with Gasteiger partial charge in [-0.3, -0.25) is 4.79 Å². The highest BCUT2D eigenvalue weighted by Gasteiger charge is 2.18. The second-order valence-corrected chi connectivity index (χ2v) is 7.55. The molecular weight excluding hydrogens is 448 g/mol. The lowest BCUT2D eigenvalue weighted by atomic mass is 10.1. The molecule has 1 aromatic carbocycles. The molecule has 0 spiro atoms. The first kappa shape index (κ1) is 14.2. The quantitative estimate of drug-likeness (QED) is 0.590. The number of hydrogen-bond donors (Lipinski definition) is 0. The van der Waals surface area contributed by atoms with Crippen LogP contribution in [0.3, 0.4) is 0 Å². The van der Waals surface area contributed by atoms with Crippen LogP contribution in [0.25, 0.3) is 0 Å². The number of rotatable bonds is 3. The Hall–Kier alpha value is -0.170. The summed E-state index contributed by atoms with van der Waals surface area (Å²) < 4.78 is 7.90. The Morgan fingerprint density at radius 3 is 2.50 bits per heavy atom. The highest BCUT2D eigenvalue weighted by molar-refractivity contribution is 9.13. The Labute approximate surface area is 134 Å². The molecule has 18 heavy (non-hydrogen) atoms. The van der Waals surface area contributed by atoms with E-state index in [1.54, 1.807) is 25.3 Å². The van der Waals surface area contributed by atoms with Gasteiger partial charge in [-0.1, -0.05) is 15.9 Å². The average molecular weight is 455 g/mol. The first-order valence-electron chi connectivity index (χ1n) is 4.86. The molecule has 0 amide bonds. The third-order valence-corrected chi connectivity index (χ3v) is 6.03. The molecule has 0 atom stereocenters. The van der Waals surface area contributed by atoms with Crippen LogP contribution < -0.4 is 4.74 Å². The molecule has 0 unspecified atom stereocenters. The average Bonchev–Trinajstić information content (AvgIpc) is 2.68. The van der Waals surface area contributed by atoms with Gasteiger partial charge in [-0.25, -0.2) is 0 Å². The van der Waals surface area contributed by atoms with Crippen LogP contribution in [0.4, 0.5) is 0 Å². The number of hydrogen-bond acceptors (Lipinski definition) is 3. The fourth-order valence-corrected chi connectivity index (χ4v) is 3.77. The Kier molecular flexibility index (Phi) is 4.64. The van der Waals surface area contributed by atoms with E-state index >= 15 is 0 Å². The lowest BCUT2D eigenvalue weighted by Gasteiger charge is -2.06. The third kappa shape index (κ3) is 2.87. The molecular formula is C12H7Br3O2S. The molecule has 0 N–H and O–H groups in total. The van der Waals surface area contributed by atoms with Crippen molar-refractivity contribution < 1.29 is 9.53 Å². The van der Waals surface area contributed by atoms with Crippen LogP contribution in [0.5, 0.6) is 5.75 Å². The third-order valence-electron chi connectivity index (χ3n) is 2.28. The fraction of sp³-hybridized carbons (Fsp3) is 0.0833. The monoisotopic (exact) mass is 452 g/mol. The van der Waals surface area contributed by atoms with E-state index < -0.39 is 0 Å². The number of halogens is 3. The molecule has 0 radical (unpaired) electrons. The number of carbonyl (C=O) groups is 1. The van der Waals surface area contributed by atoms with Crippen LogP contribution in [0.1, 0.15) is 15.2 Å². The van der Waals surface area contributed by atoms with Crippen LogP contribution >= 0.6 is 59.1 Å². The summed E-state index contributed by atoms with van der Waals surface area (Å²) in [6, 6.07) is 7.17. The van der Waals surface area contributed by atoms with E-state index in [1.807, 2.05) is 6.07 Å². The molecule has 2 aromatic rings. The molecule has 0 fully saturated rings. The van der Waals surface area contributed by atoms with Crippen molar-refractivity contribution in [3.8, 4) is 5.75 Å². The lowest BCUT2D eigenvalue weighted by molar-refractivity contribution is 0.103. The van der Waals surface area contributed by atoms with Gasteiger partial charge < -0.3 is 4.74 Å². The number of benzene rings is 1. The van der Waals surface area contributed by atoms with Crippen LogP contribution in [0, 0.1) is 0 Å². The van der Waals surface area contributed by atoms with Crippen molar-refractivity contribution in [1.82, 2.24) is 0 Å². The van der Waals surface area contributed by atoms with E-state index in [0.717, 1.165) is 12.7 Å². The van der Waals surface area contributed by atoms with E-state index in [4.69, 9.17) is 4.74 Å². The predicted octanol–water partition coefficient (Wildman–Crippen LogP) is 5.28. The van der Waals surface area contributed by atoms with E-state index in [9.17, 15) is 4.79 Å². The minimum Gasteiger partial charge on any atom is -0.496 e. The van der Waals surface area contributed by atoms with Crippen molar-refractivity contribution in [2.45, 2.75) is 0 Å². The first-order chi connectivity index (χ1) is 8.52. The summed E-state index contributed by atoms with van der Waals surface area (Å²) in [5.41, 5.74) is 0.557. The standard InChI is InChI=1S/C12H7Br3O2S/c1-17-9-4-6(13)2-3-7(9)11(16)10-5-8(14)12(15)18-10/h2-5H,1H3. The van der Waals surface area contributed by atoms with Gasteiger partial charge in [0, 0.05) is 8.95 Å². The molecule has 1 heterocycles. The molecule has 0 saturated heterocycles. The van der Waals surface area contributed by atoms with E-state index in [-0.39, 0.29) is 5.78 Å². The summed E-state index contributed by atoms with van der Waals surface area (Å²) in [5.74, 6) is 0.519. The van der Waals surface area contributed by atoms with Gasteiger partial charge in [-0.2, -0.15) is 0 Å². The number of methoxy groups -OCH3 is 1. The normalized spacial score (nSPS) is 10.4. The number of carbonyl (C=O) groups excluding carboxylic acids is 1. The van der Waals surface area contributed by atoms with Gasteiger partial charge in [0.2, 0.25) is 5.78 Å². The van der Waals surface area contributed by atoms with Gasteiger partial charge in [-0.15, -0.1) is 11.3 Å². The molecule has 1 aromatic heterocycles. The molecule has 0 aliphatic carbocycles. The summed E-state index contributed by atoms with van der Waals surface area (Å²) >= 11 is 11.5. The fourth-order valence-electron chi connectivity index (χ4n) is 1.44. The summed E-state index contributed by atoms with van der Waals surface area (Å²) in [5, 5.41) is 0. The van der Waals surface area contributed by atoms with Gasteiger partial charge in [0.1, 0.15) is 5.75 Å². The highest BCUT2D eigenvalue weighted by Crippen LogP contribution is 2.35. The van der Waals surface area contributed by atoms with Crippen LogP contribution in [-0.2, 0) is 0 Å². The first-order valence-corrected chi connectivity index (χ1v) is 8.05. The van der Waals surface area contributed by atoms with Gasteiger partial charge >= 0.3 is 0 Å². The Morgan fingerprint density at radius 1 is 1.22 bits per heavy atom. The van der Waals surface area contributed by atoms with Crippen molar-refractivity contribution in [3.05, 3.63) is 47.4 Å². The smallest absolute Gasteiger partial charge is 0.206 e. The maximum atomic E-state index is 12.4. The van der Waals surface area contributed by atoms with E-state index in [0.29, 0.717) is 16.2 Å². The van der Waals surface area contributed by atoms with Crippen molar-refractivity contribution >= 4 is 64.9 Å². The molecule has 94 valence electrons. The zero-order valence-corrected chi connectivity index (χ0v) is 14.7. The molecule has 0 saturated carbocycles. The number of ketones is 1. The largest absolute Gasteiger partial charge is 0.496 e. The van der Waals surface area contributed by atoms with Crippen LogP contribution in [0.2, 0.25) is 0 Å². The second kappa shape index (κ2) is 5.86. The lowest BCUT2D eigenvalue weighted by Crippen LogP contribution is -2.01. The number of thiophene rings is 1. The second-order valence-electron chi connectivity index (χ2n) is 3.41. The van der Waals surface area contributed by atoms with Crippen molar-refractivity contribution in [2.24, 2.45) is 0 Å². The molecule has 6 heteroatoms. The summed E-state index contributed by atoms with van der Waals surface area (Å²) in [6.45, 7) is 0. The van der Waals surface area contributed by atoms with Crippen molar-refractivity contribution in [2.75, 3.05) is 7.11 Å². The summed E-state index contributed by atoms with van der Waals surface area (Å²) in [7, 11) is 1.55. The van der Waals surface area contributed by atoms with Crippen LogP contribution in [-0.4, -0.2) is 12.9 Å². The van der Waals surface area contributed by atoms with Crippen molar-refractivity contribution in [3.63, 3.8) is 0 Å². The SMILES string of the molecule is COc1cc(Br)ccc1C(=O)c1cc(Br)c(Br)s1. The highest BCUT2D eigenvalue weighted by atomic mass is 79.9. The predicted molar refractivity (Wildman–Crippen MR) is 83.8 cm³/mol. The Morgan fingerprint density at radius 2 is 1.94 bits per heavy atom. The Balaban J connectivity index is 2.45. The number of ether oxygens (including phenoxy) is 1. The summed E-state index contributed by atoms with van der Waals surface area (Å²) in [6.07, 6.45) is 0. The van der Waals surface area contributed by atoms with Gasteiger partial charge in [0.05, 0.1) is 21.3 Å². The Bertz CT molecular complexity index is 588. The molecule has 0 aliphatic rings. The zero-order chi connectivity index (χ0) is 13.3. The maximum Gasteiger partial charge on any atom is 0.206 e. The van der Waals surface area contributed by atoms with Gasteiger partial charge in [-0.05, 0) is 56.1 Å². The zero-order valence-electron chi connectivity index (χ0n) is 9.17. The van der Waals surface area contributed by atoms with Crippen molar-refractivity contribution in [1.29, 1.82) is 0 Å². The molecule has 2 rings (SSSR count).